The highest BCUT2D eigenvalue weighted by Crippen LogP contribution is 2.41. The topological polar surface area (TPSA) is 69.2 Å². The summed E-state index contributed by atoms with van der Waals surface area (Å²) in [6.07, 6.45) is 3.16. The van der Waals surface area contributed by atoms with Crippen LogP contribution in [-0.2, 0) is 5.60 Å². The second-order valence-corrected chi connectivity index (χ2v) is 6.80. The van der Waals surface area contributed by atoms with Crippen LogP contribution in [0.15, 0.2) is 48.9 Å². The summed E-state index contributed by atoms with van der Waals surface area (Å²) >= 11 is 0. The predicted molar refractivity (Wildman–Crippen MR) is 98.4 cm³/mol. The molecule has 3 rings (SSSR count). The van der Waals surface area contributed by atoms with Crippen molar-refractivity contribution in [3.05, 3.63) is 65.7 Å². The number of nitrogens with one attached hydrogen (secondary N) is 1. The molecule has 0 aliphatic carbocycles. The van der Waals surface area contributed by atoms with Gasteiger partial charge in [-0.2, -0.15) is 0 Å². The molecule has 3 aromatic rings. The van der Waals surface area contributed by atoms with Crippen LogP contribution >= 0.6 is 0 Å². The molecule has 0 aliphatic rings. The van der Waals surface area contributed by atoms with E-state index in [-0.39, 0.29) is 11.8 Å². The number of aromatic amines is 1. The average molecular weight is 337 g/mol. The van der Waals surface area contributed by atoms with Crippen LogP contribution in [-0.4, -0.2) is 40.0 Å². The third kappa shape index (κ3) is 2.70. The number of fused-ring (bicyclic) bond motifs is 1. The number of H-pyrrole nitrogens is 1. The van der Waals surface area contributed by atoms with Crippen LogP contribution in [0.3, 0.4) is 0 Å². The molecular weight excluding hydrogens is 314 g/mol. The largest absolute Gasteiger partial charge is 0.378 e. The first kappa shape index (κ1) is 17.2. The van der Waals surface area contributed by atoms with E-state index in [0.29, 0.717) is 16.8 Å². The molecule has 2 aromatic carbocycles. The van der Waals surface area contributed by atoms with Gasteiger partial charge < -0.3 is 15.0 Å². The number of aliphatic hydroxyl groups is 1. The fourth-order valence-electron chi connectivity index (χ4n) is 3.30. The van der Waals surface area contributed by atoms with Gasteiger partial charge in [-0.3, -0.25) is 4.79 Å². The van der Waals surface area contributed by atoms with Crippen molar-refractivity contribution in [2.75, 3.05) is 14.1 Å². The SMILES string of the molecule is CC(C)C(O)(c1cnc[nH]1)c1c(C(=O)N(C)C)ccc2ccccc12. The molecule has 0 radical (unpaired) electrons. The number of carbonyl (C=O) groups excluding carboxylic acids is 1. The molecule has 2 N–H and O–H groups in total. The summed E-state index contributed by atoms with van der Waals surface area (Å²) in [5, 5.41) is 13.6. The van der Waals surface area contributed by atoms with Crippen molar-refractivity contribution >= 4 is 16.7 Å². The van der Waals surface area contributed by atoms with Gasteiger partial charge in [-0.25, -0.2) is 4.98 Å². The number of hydrogen-bond acceptors (Lipinski definition) is 3. The lowest BCUT2D eigenvalue weighted by Gasteiger charge is -2.34. The quantitative estimate of drug-likeness (QED) is 0.768. The average Bonchev–Trinajstić information content (AvgIpc) is 3.14. The molecule has 0 aliphatic heterocycles. The molecule has 5 heteroatoms. The summed E-state index contributed by atoms with van der Waals surface area (Å²) in [5.41, 5.74) is 0.322. The van der Waals surface area contributed by atoms with E-state index in [1.807, 2.05) is 44.2 Å². The Bertz CT molecular complexity index is 900. The zero-order valence-corrected chi connectivity index (χ0v) is 14.9. The molecule has 1 heterocycles. The van der Waals surface area contributed by atoms with Gasteiger partial charge in [0.2, 0.25) is 0 Å². The molecule has 0 bridgehead atoms. The van der Waals surface area contributed by atoms with Crippen LogP contribution in [0.4, 0.5) is 0 Å². The zero-order chi connectivity index (χ0) is 18.2. The van der Waals surface area contributed by atoms with E-state index in [9.17, 15) is 9.90 Å². The lowest BCUT2D eigenvalue weighted by molar-refractivity contribution is 0.0279. The van der Waals surface area contributed by atoms with E-state index >= 15 is 0 Å². The maximum absolute atomic E-state index is 12.8. The van der Waals surface area contributed by atoms with Crippen LogP contribution in [0.5, 0.6) is 0 Å². The molecule has 1 unspecified atom stereocenters. The normalized spacial score (nSPS) is 13.8. The molecule has 130 valence electrons. The minimum atomic E-state index is -1.36. The van der Waals surface area contributed by atoms with Gasteiger partial charge in [0.1, 0.15) is 5.60 Å². The Morgan fingerprint density at radius 3 is 2.52 bits per heavy atom. The van der Waals surface area contributed by atoms with Crippen molar-refractivity contribution in [1.82, 2.24) is 14.9 Å². The Balaban J connectivity index is 2.43. The summed E-state index contributed by atoms with van der Waals surface area (Å²) in [5.74, 6) is -0.313. The first-order valence-electron chi connectivity index (χ1n) is 8.32. The van der Waals surface area contributed by atoms with Gasteiger partial charge in [0.05, 0.1) is 18.2 Å². The summed E-state index contributed by atoms with van der Waals surface area (Å²) in [7, 11) is 3.43. The lowest BCUT2D eigenvalue weighted by atomic mass is 9.76. The molecular formula is C20H23N3O2. The summed E-state index contributed by atoms with van der Waals surface area (Å²) in [6, 6.07) is 11.5. The highest BCUT2D eigenvalue weighted by Gasteiger charge is 2.41. The number of imidazole rings is 1. The van der Waals surface area contributed by atoms with Crippen molar-refractivity contribution in [2.45, 2.75) is 19.4 Å². The number of carbonyl (C=O) groups is 1. The van der Waals surface area contributed by atoms with Crippen molar-refractivity contribution in [1.29, 1.82) is 0 Å². The van der Waals surface area contributed by atoms with Gasteiger partial charge in [0.25, 0.3) is 5.91 Å². The molecule has 0 fully saturated rings. The second-order valence-electron chi connectivity index (χ2n) is 6.80. The van der Waals surface area contributed by atoms with Crippen molar-refractivity contribution in [3.63, 3.8) is 0 Å². The van der Waals surface area contributed by atoms with Gasteiger partial charge in [-0.15, -0.1) is 0 Å². The fraction of sp³-hybridized carbons (Fsp3) is 0.300. The predicted octanol–water partition coefficient (Wildman–Crippen LogP) is 3.16. The number of benzene rings is 2. The molecule has 5 nitrogen and oxygen atoms in total. The Hall–Kier alpha value is -2.66. The lowest BCUT2D eigenvalue weighted by Crippen LogP contribution is -2.37. The van der Waals surface area contributed by atoms with Crippen LogP contribution in [0.2, 0.25) is 0 Å². The van der Waals surface area contributed by atoms with E-state index in [1.165, 1.54) is 4.90 Å². The minimum absolute atomic E-state index is 0.139. The second kappa shape index (κ2) is 6.33. The highest BCUT2D eigenvalue weighted by molar-refractivity contribution is 6.02. The Labute approximate surface area is 147 Å². The zero-order valence-electron chi connectivity index (χ0n) is 14.9. The van der Waals surface area contributed by atoms with Crippen molar-refractivity contribution in [2.24, 2.45) is 5.92 Å². The highest BCUT2D eigenvalue weighted by atomic mass is 16.3. The number of amides is 1. The van der Waals surface area contributed by atoms with Crippen molar-refractivity contribution < 1.29 is 9.90 Å². The van der Waals surface area contributed by atoms with Gasteiger partial charge in [-0.05, 0) is 22.8 Å². The van der Waals surface area contributed by atoms with E-state index in [1.54, 1.807) is 32.7 Å². The maximum atomic E-state index is 12.8. The number of hydrogen-bond donors (Lipinski definition) is 2. The third-order valence-electron chi connectivity index (χ3n) is 4.69. The molecule has 1 amide bonds. The molecule has 0 spiro atoms. The van der Waals surface area contributed by atoms with E-state index in [0.717, 1.165) is 10.8 Å². The van der Waals surface area contributed by atoms with Gasteiger partial charge in [-0.1, -0.05) is 44.2 Å². The van der Waals surface area contributed by atoms with E-state index in [4.69, 9.17) is 0 Å². The molecule has 0 saturated heterocycles. The Morgan fingerprint density at radius 2 is 1.92 bits per heavy atom. The van der Waals surface area contributed by atoms with E-state index < -0.39 is 5.60 Å². The molecule has 1 aromatic heterocycles. The van der Waals surface area contributed by atoms with Crippen LogP contribution in [0, 0.1) is 5.92 Å². The molecule has 0 saturated carbocycles. The van der Waals surface area contributed by atoms with Crippen LogP contribution in [0.25, 0.3) is 10.8 Å². The molecule has 1 atom stereocenters. The van der Waals surface area contributed by atoms with E-state index in [2.05, 4.69) is 9.97 Å². The third-order valence-corrected chi connectivity index (χ3v) is 4.69. The number of rotatable bonds is 4. The number of aromatic nitrogens is 2. The van der Waals surface area contributed by atoms with Gasteiger partial charge in [0, 0.05) is 25.2 Å². The summed E-state index contributed by atoms with van der Waals surface area (Å²) < 4.78 is 0. The first-order valence-corrected chi connectivity index (χ1v) is 8.32. The first-order chi connectivity index (χ1) is 11.9. The monoisotopic (exact) mass is 337 g/mol. The summed E-state index contributed by atoms with van der Waals surface area (Å²) in [6.45, 7) is 3.87. The van der Waals surface area contributed by atoms with Crippen molar-refractivity contribution in [3.8, 4) is 0 Å². The van der Waals surface area contributed by atoms with Crippen LogP contribution < -0.4 is 0 Å². The number of nitrogens with zero attached hydrogens (tertiary/aromatic N) is 2. The molecule has 25 heavy (non-hydrogen) atoms. The standard InChI is InChI=1S/C20H23N3O2/c1-13(2)20(25,17-11-21-12-22-17)18-15-8-6-5-7-14(15)9-10-16(18)19(24)23(3)4/h5-13,25H,1-4H3,(H,21,22). The van der Waals surface area contributed by atoms with Gasteiger partial charge in [0.15, 0.2) is 0 Å². The Kier molecular flexibility index (Phi) is 4.35. The Morgan fingerprint density at radius 1 is 1.20 bits per heavy atom. The minimum Gasteiger partial charge on any atom is -0.378 e. The van der Waals surface area contributed by atoms with Gasteiger partial charge >= 0.3 is 0 Å². The summed E-state index contributed by atoms with van der Waals surface area (Å²) in [4.78, 5) is 21.5. The maximum Gasteiger partial charge on any atom is 0.253 e. The fourth-order valence-corrected chi connectivity index (χ4v) is 3.30. The van der Waals surface area contributed by atoms with Crippen LogP contribution in [0.1, 0.15) is 35.5 Å². The smallest absolute Gasteiger partial charge is 0.253 e.